The third kappa shape index (κ3) is 5.76. The number of anilines is 1. The van der Waals surface area contributed by atoms with E-state index in [-0.39, 0.29) is 24.2 Å². The summed E-state index contributed by atoms with van der Waals surface area (Å²) in [7, 11) is 1.92. The van der Waals surface area contributed by atoms with Gasteiger partial charge in [-0.25, -0.2) is 0 Å². The largest absolute Gasteiger partial charge is 0.326 e. The van der Waals surface area contributed by atoms with E-state index < -0.39 is 0 Å². The first kappa shape index (κ1) is 17.3. The maximum Gasteiger partial charge on any atom is 0.228 e. The molecule has 1 aromatic carbocycles. The quantitative estimate of drug-likeness (QED) is 0.846. The van der Waals surface area contributed by atoms with Crippen molar-refractivity contribution in [2.24, 2.45) is 5.92 Å². The van der Waals surface area contributed by atoms with Crippen LogP contribution in [0.2, 0.25) is 0 Å². The molecule has 1 aromatic rings. The van der Waals surface area contributed by atoms with Gasteiger partial charge in [0.2, 0.25) is 5.91 Å². The summed E-state index contributed by atoms with van der Waals surface area (Å²) in [5, 5.41) is 6.01. The predicted octanol–water partition coefficient (Wildman–Crippen LogP) is 2.77. The zero-order valence-electron chi connectivity index (χ0n) is 11.0. The normalized spacial score (nSPS) is 11.5. The Kier molecular flexibility index (Phi) is 8.89. The molecule has 0 fully saturated rings. The smallest absolute Gasteiger partial charge is 0.228 e. The van der Waals surface area contributed by atoms with Gasteiger partial charge < -0.3 is 10.6 Å². The number of amides is 1. The molecular weight excluding hydrogens is 268 g/mol. The molecule has 1 rings (SSSR count). The van der Waals surface area contributed by atoms with Crippen molar-refractivity contribution in [3.8, 4) is 0 Å². The second kappa shape index (κ2) is 9.25. The zero-order valence-corrected chi connectivity index (χ0v) is 12.7. The maximum absolute atomic E-state index is 11.8. The van der Waals surface area contributed by atoms with Crippen molar-refractivity contribution in [2.45, 2.75) is 13.5 Å². The molecule has 0 saturated heterocycles. The fourth-order valence-corrected chi connectivity index (χ4v) is 2.15. The molecule has 0 aromatic heterocycles. The van der Waals surface area contributed by atoms with E-state index in [4.69, 9.17) is 0 Å². The highest BCUT2D eigenvalue weighted by molar-refractivity contribution is 7.98. The first-order valence-corrected chi connectivity index (χ1v) is 7.10. The summed E-state index contributed by atoms with van der Waals surface area (Å²) >= 11 is 1.69. The van der Waals surface area contributed by atoms with Crippen molar-refractivity contribution in [2.75, 3.05) is 24.4 Å². The number of hydrogen-bond acceptors (Lipinski definition) is 3. The topological polar surface area (TPSA) is 41.1 Å². The summed E-state index contributed by atoms with van der Waals surface area (Å²) in [5.74, 6) is 0.978. The van der Waals surface area contributed by atoms with E-state index in [1.165, 1.54) is 5.56 Å². The van der Waals surface area contributed by atoms with Crippen molar-refractivity contribution in [3.05, 3.63) is 29.8 Å². The van der Waals surface area contributed by atoms with Crippen LogP contribution in [-0.2, 0) is 11.3 Å². The van der Waals surface area contributed by atoms with E-state index in [2.05, 4.69) is 10.6 Å². The van der Waals surface area contributed by atoms with Gasteiger partial charge in [0.1, 0.15) is 0 Å². The van der Waals surface area contributed by atoms with E-state index in [1.54, 1.807) is 11.8 Å². The number of carbonyl (C=O) groups is 1. The SMILES string of the molecule is CNCc1ccc(NC(=O)C(C)CSC)cc1.Cl. The molecule has 3 nitrogen and oxygen atoms in total. The molecule has 0 heterocycles. The lowest BCUT2D eigenvalue weighted by atomic mass is 10.1. The number of halogens is 1. The minimum absolute atomic E-state index is 0. The summed E-state index contributed by atoms with van der Waals surface area (Å²) in [6.45, 7) is 2.79. The van der Waals surface area contributed by atoms with Crippen LogP contribution in [0.1, 0.15) is 12.5 Å². The maximum atomic E-state index is 11.8. The summed E-state index contributed by atoms with van der Waals surface area (Å²) < 4.78 is 0. The number of benzene rings is 1. The van der Waals surface area contributed by atoms with Crippen LogP contribution in [0.25, 0.3) is 0 Å². The average molecular weight is 289 g/mol. The second-order valence-corrected chi connectivity index (χ2v) is 4.98. The summed E-state index contributed by atoms with van der Waals surface area (Å²) in [5.41, 5.74) is 2.07. The number of hydrogen-bond donors (Lipinski definition) is 2. The third-order valence-corrected chi connectivity index (χ3v) is 3.30. The lowest BCUT2D eigenvalue weighted by Crippen LogP contribution is -2.22. The molecule has 1 atom stereocenters. The molecule has 5 heteroatoms. The standard InChI is InChI=1S/C13H20N2OS.ClH/c1-10(9-17-3)13(16)15-12-6-4-11(5-7-12)8-14-2;/h4-7,10,14H,8-9H2,1-3H3,(H,15,16);1H. The minimum atomic E-state index is 0. The van der Waals surface area contributed by atoms with Crippen molar-refractivity contribution < 1.29 is 4.79 Å². The molecule has 1 unspecified atom stereocenters. The number of nitrogens with one attached hydrogen (secondary N) is 2. The van der Waals surface area contributed by atoms with E-state index in [0.717, 1.165) is 18.0 Å². The number of thioether (sulfide) groups is 1. The van der Waals surface area contributed by atoms with Gasteiger partial charge in [-0.15, -0.1) is 12.4 Å². The van der Waals surface area contributed by atoms with Crippen LogP contribution in [0.5, 0.6) is 0 Å². The van der Waals surface area contributed by atoms with Crippen molar-refractivity contribution in [3.63, 3.8) is 0 Å². The molecular formula is C13H21ClN2OS. The molecule has 2 N–H and O–H groups in total. The average Bonchev–Trinajstić information content (AvgIpc) is 2.32. The van der Waals surface area contributed by atoms with Gasteiger partial charge in [-0.2, -0.15) is 11.8 Å². The first-order chi connectivity index (χ1) is 8.17. The number of carbonyl (C=O) groups excluding carboxylic acids is 1. The molecule has 0 spiro atoms. The van der Waals surface area contributed by atoms with Crippen LogP contribution in [0.3, 0.4) is 0 Å². The van der Waals surface area contributed by atoms with Crippen LogP contribution in [0.4, 0.5) is 5.69 Å². The fraction of sp³-hybridized carbons (Fsp3) is 0.462. The van der Waals surface area contributed by atoms with Crippen LogP contribution >= 0.6 is 24.2 Å². The Balaban J connectivity index is 0.00000289. The van der Waals surface area contributed by atoms with Crippen LogP contribution in [0, 0.1) is 5.92 Å². The molecule has 1 amide bonds. The highest BCUT2D eigenvalue weighted by Gasteiger charge is 2.11. The Labute approximate surface area is 120 Å². The van der Waals surface area contributed by atoms with Gasteiger partial charge >= 0.3 is 0 Å². The van der Waals surface area contributed by atoms with Gasteiger partial charge in [0, 0.05) is 23.9 Å². The molecule has 0 aliphatic rings. The lowest BCUT2D eigenvalue weighted by molar-refractivity contribution is -0.118. The van der Waals surface area contributed by atoms with Crippen LogP contribution in [0.15, 0.2) is 24.3 Å². The Bertz CT molecular complexity index is 357. The number of rotatable bonds is 6. The summed E-state index contributed by atoms with van der Waals surface area (Å²) in [4.78, 5) is 11.8. The Hall–Kier alpha value is -0.710. The van der Waals surface area contributed by atoms with E-state index in [0.29, 0.717) is 0 Å². The second-order valence-electron chi connectivity index (χ2n) is 4.07. The van der Waals surface area contributed by atoms with Gasteiger partial charge in [0.15, 0.2) is 0 Å². The molecule has 0 aliphatic carbocycles. The summed E-state index contributed by atoms with van der Waals surface area (Å²) in [6, 6.07) is 7.92. The molecule has 0 bridgehead atoms. The van der Waals surface area contributed by atoms with E-state index in [1.807, 2.05) is 44.5 Å². The highest BCUT2D eigenvalue weighted by atomic mass is 35.5. The molecule has 18 heavy (non-hydrogen) atoms. The minimum Gasteiger partial charge on any atom is -0.326 e. The zero-order chi connectivity index (χ0) is 12.7. The monoisotopic (exact) mass is 288 g/mol. The molecule has 0 saturated carbocycles. The lowest BCUT2D eigenvalue weighted by Gasteiger charge is -2.11. The van der Waals surface area contributed by atoms with Crippen molar-refractivity contribution >= 4 is 35.8 Å². The van der Waals surface area contributed by atoms with Gasteiger partial charge in [-0.05, 0) is 31.0 Å². The molecule has 0 radical (unpaired) electrons. The fourth-order valence-electron chi connectivity index (χ4n) is 1.50. The van der Waals surface area contributed by atoms with Gasteiger partial charge in [0.25, 0.3) is 0 Å². The Morgan fingerprint density at radius 1 is 1.33 bits per heavy atom. The van der Waals surface area contributed by atoms with Gasteiger partial charge in [-0.3, -0.25) is 4.79 Å². The molecule has 102 valence electrons. The van der Waals surface area contributed by atoms with Crippen LogP contribution < -0.4 is 10.6 Å². The molecule has 0 aliphatic heterocycles. The van der Waals surface area contributed by atoms with Crippen molar-refractivity contribution in [1.82, 2.24) is 5.32 Å². The van der Waals surface area contributed by atoms with Gasteiger partial charge in [-0.1, -0.05) is 19.1 Å². The Morgan fingerprint density at radius 2 is 1.94 bits per heavy atom. The predicted molar refractivity (Wildman–Crippen MR) is 82.6 cm³/mol. The summed E-state index contributed by atoms with van der Waals surface area (Å²) in [6.07, 6.45) is 2.01. The van der Waals surface area contributed by atoms with Crippen molar-refractivity contribution in [1.29, 1.82) is 0 Å². The van der Waals surface area contributed by atoms with Gasteiger partial charge in [0.05, 0.1) is 0 Å². The van der Waals surface area contributed by atoms with Crippen LogP contribution in [-0.4, -0.2) is 25.0 Å². The van der Waals surface area contributed by atoms with E-state index >= 15 is 0 Å². The van der Waals surface area contributed by atoms with E-state index in [9.17, 15) is 4.79 Å². The first-order valence-electron chi connectivity index (χ1n) is 5.70. The Morgan fingerprint density at radius 3 is 2.44 bits per heavy atom. The highest BCUT2D eigenvalue weighted by Crippen LogP contribution is 2.12. The third-order valence-electron chi connectivity index (χ3n) is 2.47.